The second-order valence-electron chi connectivity index (χ2n) is 6.16. The van der Waals surface area contributed by atoms with Crippen molar-refractivity contribution in [3.05, 3.63) is 0 Å². The summed E-state index contributed by atoms with van der Waals surface area (Å²) in [4.78, 5) is 8.56. The highest BCUT2D eigenvalue weighted by Gasteiger charge is 2.24. The van der Waals surface area contributed by atoms with Gasteiger partial charge in [0.2, 0.25) is 0 Å². The summed E-state index contributed by atoms with van der Waals surface area (Å²) >= 11 is 0. The molecule has 0 fully saturated rings. The summed E-state index contributed by atoms with van der Waals surface area (Å²) in [5.41, 5.74) is 0. The van der Waals surface area contributed by atoms with Gasteiger partial charge in [-0.3, -0.25) is 0 Å². The van der Waals surface area contributed by atoms with E-state index in [1.807, 2.05) is 0 Å². The molecule has 2 N–H and O–H groups in total. The first-order valence-corrected chi connectivity index (χ1v) is 10.4. The van der Waals surface area contributed by atoms with Gasteiger partial charge in [-0.15, -0.1) is 0 Å². The van der Waals surface area contributed by atoms with Crippen molar-refractivity contribution in [2.45, 2.75) is 79.1 Å². The Morgan fingerprint density at radius 3 is 1.04 bits per heavy atom. The van der Waals surface area contributed by atoms with E-state index < -0.39 is 17.1 Å². The number of carboxylic acid groups (broad SMARTS) is 2. The molecular formula is C17H39NO6S. The van der Waals surface area contributed by atoms with E-state index in [2.05, 4.69) is 27.7 Å². The van der Waals surface area contributed by atoms with Crippen LogP contribution in [0.4, 0.5) is 4.79 Å². The van der Waals surface area contributed by atoms with E-state index >= 15 is 0 Å². The van der Waals surface area contributed by atoms with E-state index in [1.54, 1.807) is 0 Å². The predicted molar refractivity (Wildman–Crippen MR) is 101 cm³/mol. The number of hydrogen-bond acceptors (Lipinski definition) is 4. The molecule has 0 aromatic rings. The van der Waals surface area contributed by atoms with E-state index in [0.717, 1.165) is 0 Å². The van der Waals surface area contributed by atoms with Gasteiger partial charge in [0, 0.05) is 0 Å². The first-order chi connectivity index (χ1) is 11.7. The molecule has 0 aliphatic heterocycles. The first kappa shape index (κ1) is 28.9. The fraction of sp³-hybridized carbons (Fsp3) is 0.941. The van der Waals surface area contributed by atoms with Crippen LogP contribution in [-0.2, 0) is 11.0 Å². The highest BCUT2D eigenvalue weighted by Crippen LogP contribution is 2.16. The largest absolute Gasteiger partial charge is 0.750 e. The van der Waals surface area contributed by atoms with E-state index in [4.69, 9.17) is 28.0 Å². The lowest BCUT2D eigenvalue weighted by molar-refractivity contribution is -0.929. The molecule has 0 atom stereocenters. The molecule has 0 heterocycles. The van der Waals surface area contributed by atoms with Crippen molar-refractivity contribution >= 4 is 17.1 Å². The van der Waals surface area contributed by atoms with Crippen molar-refractivity contribution < 1.29 is 32.5 Å². The standard InChI is InChI=1S/C16H36N.CH2O3.H2O3S/c1-5-9-13-17(14-10-6-2,15-11-7-3)16-12-8-4;2-1(3)4;1-4(2)3/h5-16H2,1-4H3;(H2,2,3,4);4H,(H,1,2,3)/q+1;;/p-1. The number of carbonyl (C=O) groups is 1. The molecule has 0 aliphatic rings. The third-order valence-corrected chi connectivity index (χ3v) is 3.94. The maximum absolute atomic E-state index is 8.56. The molecule has 0 unspecified atom stereocenters. The molecule has 154 valence electrons. The fourth-order valence-corrected chi connectivity index (χ4v) is 2.64. The van der Waals surface area contributed by atoms with Gasteiger partial charge < -0.3 is 19.2 Å². The average molecular weight is 386 g/mol. The molecule has 0 aliphatic carbocycles. The lowest BCUT2D eigenvalue weighted by Gasteiger charge is -2.39. The normalized spacial score (nSPS) is 10.5. The van der Waals surface area contributed by atoms with Crippen molar-refractivity contribution in [1.82, 2.24) is 0 Å². The maximum atomic E-state index is 8.56. The van der Waals surface area contributed by atoms with Crippen LogP contribution in [0.1, 0.15) is 79.1 Å². The zero-order chi connectivity index (χ0) is 20.1. The van der Waals surface area contributed by atoms with Crippen LogP contribution in [0.3, 0.4) is 0 Å². The molecule has 8 heteroatoms. The monoisotopic (exact) mass is 385 g/mol. The van der Waals surface area contributed by atoms with Gasteiger partial charge in [-0.05, 0) is 25.7 Å². The molecule has 0 aromatic carbocycles. The molecule has 0 saturated heterocycles. The van der Waals surface area contributed by atoms with Crippen molar-refractivity contribution in [2.24, 2.45) is 0 Å². The Hall–Kier alpha value is -0.860. The number of quaternary nitrogens is 1. The fourth-order valence-electron chi connectivity index (χ4n) is 2.64. The van der Waals surface area contributed by atoms with Crippen LogP contribution in [0.2, 0.25) is 0 Å². The minimum Gasteiger partial charge on any atom is -0.750 e. The highest BCUT2D eigenvalue weighted by molar-refractivity contribution is 7.66. The Morgan fingerprint density at radius 1 is 0.760 bits per heavy atom. The Kier molecular flexibility index (Phi) is 24.5. The van der Waals surface area contributed by atoms with Gasteiger partial charge in [0.1, 0.15) is 0 Å². The molecule has 0 bridgehead atoms. The van der Waals surface area contributed by atoms with Gasteiger partial charge >= 0.3 is 6.16 Å². The second kappa shape index (κ2) is 21.2. The molecular weight excluding hydrogens is 346 g/mol. The maximum Gasteiger partial charge on any atom is 0.503 e. The Morgan fingerprint density at radius 2 is 0.920 bits per heavy atom. The topological polar surface area (TPSA) is 115 Å². The third-order valence-electron chi connectivity index (χ3n) is 3.94. The van der Waals surface area contributed by atoms with Crippen molar-refractivity contribution in [3.8, 4) is 0 Å². The number of thiol groups is 1. The molecule has 0 rings (SSSR count). The summed E-state index contributed by atoms with van der Waals surface area (Å²) in [5.74, 6) is 0. The Labute approximate surface area is 155 Å². The SMILES string of the molecule is CCCC[N+](CCCC)(CCCC)CCCC.O=C(O)O.O=[SH](=O)[O-]. The number of unbranched alkanes of at least 4 members (excludes halogenated alkanes) is 4. The van der Waals surface area contributed by atoms with Crippen LogP contribution in [0, 0.1) is 0 Å². The zero-order valence-electron chi connectivity index (χ0n) is 16.4. The lowest BCUT2D eigenvalue weighted by atomic mass is 10.1. The molecule has 0 saturated carbocycles. The number of rotatable bonds is 12. The molecule has 0 amide bonds. The smallest absolute Gasteiger partial charge is 0.503 e. The van der Waals surface area contributed by atoms with Crippen LogP contribution >= 0.6 is 0 Å². The number of hydrogen-bond donors (Lipinski definition) is 3. The van der Waals surface area contributed by atoms with Crippen LogP contribution in [-0.4, -0.2) is 60.0 Å². The van der Waals surface area contributed by atoms with Crippen molar-refractivity contribution in [2.75, 3.05) is 26.2 Å². The molecule has 0 radical (unpaired) electrons. The molecule has 0 aromatic heterocycles. The van der Waals surface area contributed by atoms with E-state index in [1.165, 1.54) is 82.0 Å². The van der Waals surface area contributed by atoms with Gasteiger partial charge in [-0.1, -0.05) is 53.4 Å². The van der Waals surface area contributed by atoms with Gasteiger partial charge in [0.05, 0.1) is 37.2 Å². The van der Waals surface area contributed by atoms with Crippen molar-refractivity contribution in [3.63, 3.8) is 0 Å². The summed E-state index contributed by atoms with van der Waals surface area (Å²) in [6.45, 7) is 15.0. The summed E-state index contributed by atoms with van der Waals surface area (Å²) in [7, 11) is -3.37. The van der Waals surface area contributed by atoms with Gasteiger partial charge in [-0.2, -0.15) is 0 Å². The summed E-state index contributed by atoms with van der Waals surface area (Å²) in [6, 6.07) is 0. The predicted octanol–water partition coefficient (Wildman–Crippen LogP) is 3.95. The molecule has 7 nitrogen and oxygen atoms in total. The first-order valence-electron chi connectivity index (χ1n) is 9.29. The van der Waals surface area contributed by atoms with Crippen LogP contribution in [0.25, 0.3) is 0 Å². The van der Waals surface area contributed by atoms with Crippen molar-refractivity contribution in [1.29, 1.82) is 0 Å². The second-order valence-corrected chi connectivity index (χ2v) is 6.60. The van der Waals surface area contributed by atoms with Crippen LogP contribution in [0.5, 0.6) is 0 Å². The summed E-state index contributed by atoms with van der Waals surface area (Å²) in [6.07, 6.45) is 9.23. The zero-order valence-corrected chi connectivity index (χ0v) is 17.3. The number of nitrogens with zero attached hydrogens (tertiary/aromatic N) is 1. The van der Waals surface area contributed by atoms with Gasteiger partial charge in [-0.25, -0.2) is 13.2 Å². The Balaban J connectivity index is -0.000000503. The van der Waals surface area contributed by atoms with Gasteiger partial charge in [0.25, 0.3) is 0 Å². The third kappa shape index (κ3) is 28.2. The van der Waals surface area contributed by atoms with E-state index in [0.29, 0.717) is 0 Å². The minimum absolute atomic E-state index is 1.35. The minimum atomic E-state index is -3.37. The molecule has 25 heavy (non-hydrogen) atoms. The summed E-state index contributed by atoms with van der Waals surface area (Å²) < 4.78 is 26.9. The molecule has 0 spiro atoms. The van der Waals surface area contributed by atoms with E-state index in [9.17, 15) is 0 Å². The summed E-state index contributed by atoms with van der Waals surface area (Å²) in [5, 5.41) is 13.9. The highest BCUT2D eigenvalue weighted by atomic mass is 32.2. The van der Waals surface area contributed by atoms with Gasteiger partial charge in [0.15, 0.2) is 0 Å². The Bertz CT molecular complexity index is 312. The lowest BCUT2D eigenvalue weighted by Crippen LogP contribution is -2.50. The van der Waals surface area contributed by atoms with Crippen LogP contribution < -0.4 is 0 Å². The average Bonchev–Trinajstić information content (AvgIpc) is 2.52. The van der Waals surface area contributed by atoms with E-state index in [-0.39, 0.29) is 0 Å². The quantitative estimate of drug-likeness (QED) is 0.266. The van der Waals surface area contributed by atoms with Crippen LogP contribution in [0.15, 0.2) is 0 Å².